The molecule has 0 atom stereocenters. The first-order valence-electron chi connectivity index (χ1n) is 5.52. The van der Waals surface area contributed by atoms with Crippen molar-refractivity contribution in [2.75, 3.05) is 0 Å². The number of carbonyl (C=O) groups excluding carboxylic acids is 1. The fraction of sp³-hybridized carbons (Fsp3) is 0.154. The zero-order chi connectivity index (χ0) is 12.8. The second-order valence-electron chi connectivity index (χ2n) is 3.66. The van der Waals surface area contributed by atoms with Gasteiger partial charge in [0, 0.05) is 17.7 Å². The van der Waals surface area contributed by atoms with Gasteiger partial charge in [0.1, 0.15) is 0 Å². The molecule has 0 bridgehead atoms. The zero-order valence-corrected chi connectivity index (χ0v) is 10.8. The highest BCUT2D eigenvalue weighted by molar-refractivity contribution is 7.09. The van der Waals surface area contributed by atoms with E-state index in [1.807, 2.05) is 30.5 Å². The Labute approximate surface area is 109 Å². The third-order valence-corrected chi connectivity index (χ3v) is 3.00. The lowest BCUT2D eigenvalue weighted by atomic mass is 10.3. The van der Waals surface area contributed by atoms with Crippen molar-refractivity contribution in [2.24, 2.45) is 0 Å². The summed E-state index contributed by atoms with van der Waals surface area (Å²) in [6.07, 6.45) is 4.89. The lowest BCUT2D eigenvalue weighted by molar-refractivity contribution is -0.116. The van der Waals surface area contributed by atoms with Crippen molar-refractivity contribution in [3.63, 3.8) is 0 Å². The van der Waals surface area contributed by atoms with E-state index in [0.29, 0.717) is 6.54 Å². The molecule has 0 spiro atoms. The summed E-state index contributed by atoms with van der Waals surface area (Å²) < 4.78 is 0. The van der Waals surface area contributed by atoms with Crippen molar-refractivity contribution in [3.05, 3.63) is 52.2 Å². The van der Waals surface area contributed by atoms with Gasteiger partial charge in [-0.2, -0.15) is 0 Å². The largest absolute Gasteiger partial charge is 0.347 e. The van der Waals surface area contributed by atoms with Gasteiger partial charge < -0.3 is 5.32 Å². The molecular formula is C13H13N3OS. The van der Waals surface area contributed by atoms with Crippen molar-refractivity contribution in [1.82, 2.24) is 15.3 Å². The molecule has 2 heterocycles. The van der Waals surface area contributed by atoms with Gasteiger partial charge >= 0.3 is 0 Å². The summed E-state index contributed by atoms with van der Waals surface area (Å²) in [4.78, 5) is 19.9. The Bertz CT molecular complexity index is 548. The Kier molecular flexibility index (Phi) is 4.20. The molecule has 18 heavy (non-hydrogen) atoms. The number of pyridine rings is 1. The summed E-state index contributed by atoms with van der Waals surface area (Å²) in [7, 11) is 0. The van der Waals surface area contributed by atoms with Crippen LogP contribution in [-0.4, -0.2) is 15.9 Å². The fourth-order valence-corrected chi connectivity index (χ4v) is 1.94. The molecule has 0 fully saturated rings. The molecule has 0 unspecified atom stereocenters. The predicted octanol–water partition coefficient (Wildman–Crippen LogP) is 2.18. The summed E-state index contributed by atoms with van der Waals surface area (Å²) >= 11 is 1.56. The van der Waals surface area contributed by atoms with Crippen LogP contribution in [0.15, 0.2) is 35.9 Å². The topological polar surface area (TPSA) is 54.9 Å². The van der Waals surface area contributed by atoms with E-state index in [1.54, 1.807) is 23.6 Å². The normalized spacial score (nSPS) is 10.7. The second kappa shape index (κ2) is 6.07. The summed E-state index contributed by atoms with van der Waals surface area (Å²) in [6, 6.07) is 5.60. The Morgan fingerprint density at radius 3 is 3.06 bits per heavy atom. The van der Waals surface area contributed by atoms with Crippen LogP contribution in [0.4, 0.5) is 0 Å². The minimum absolute atomic E-state index is 0.147. The number of aryl methyl sites for hydroxylation is 1. The monoisotopic (exact) mass is 259 g/mol. The maximum atomic E-state index is 11.5. The summed E-state index contributed by atoms with van der Waals surface area (Å²) in [5.74, 6) is -0.147. The number of nitrogens with one attached hydrogen (secondary N) is 1. The van der Waals surface area contributed by atoms with Crippen LogP contribution in [0.2, 0.25) is 0 Å². The van der Waals surface area contributed by atoms with Crippen LogP contribution in [0.5, 0.6) is 0 Å². The van der Waals surface area contributed by atoms with Gasteiger partial charge in [0.05, 0.1) is 22.9 Å². The van der Waals surface area contributed by atoms with E-state index in [9.17, 15) is 4.79 Å². The number of aromatic nitrogens is 2. The van der Waals surface area contributed by atoms with Crippen LogP contribution < -0.4 is 5.32 Å². The third-order valence-electron chi connectivity index (χ3n) is 2.21. The highest BCUT2D eigenvalue weighted by atomic mass is 32.1. The van der Waals surface area contributed by atoms with Gasteiger partial charge in [-0.3, -0.25) is 9.78 Å². The first kappa shape index (κ1) is 12.4. The van der Waals surface area contributed by atoms with E-state index in [2.05, 4.69) is 15.3 Å². The number of amides is 1. The highest BCUT2D eigenvalue weighted by Crippen LogP contribution is 2.08. The van der Waals surface area contributed by atoms with Crippen molar-refractivity contribution in [2.45, 2.75) is 13.5 Å². The maximum absolute atomic E-state index is 11.5. The summed E-state index contributed by atoms with van der Waals surface area (Å²) in [5, 5.41) is 5.67. The van der Waals surface area contributed by atoms with Gasteiger partial charge in [-0.05, 0) is 25.1 Å². The molecule has 1 amide bonds. The second-order valence-corrected chi connectivity index (χ2v) is 4.73. The maximum Gasteiger partial charge on any atom is 0.244 e. The molecule has 5 heteroatoms. The highest BCUT2D eigenvalue weighted by Gasteiger charge is 1.98. The first-order valence-corrected chi connectivity index (χ1v) is 6.40. The zero-order valence-electron chi connectivity index (χ0n) is 9.96. The van der Waals surface area contributed by atoms with Gasteiger partial charge in [0.2, 0.25) is 5.91 Å². The van der Waals surface area contributed by atoms with Crippen molar-refractivity contribution in [3.8, 4) is 0 Å². The number of nitrogens with zero attached hydrogens (tertiary/aromatic N) is 2. The minimum Gasteiger partial charge on any atom is -0.347 e. The smallest absolute Gasteiger partial charge is 0.244 e. The van der Waals surface area contributed by atoms with Crippen molar-refractivity contribution in [1.29, 1.82) is 0 Å². The van der Waals surface area contributed by atoms with Gasteiger partial charge in [-0.1, -0.05) is 6.07 Å². The molecule has 0 saturated carbocycles. The number of thiazole rings is 1. The van der Waals surface area contributed by atoms with Crippen LogP contribution >= 0.6 is 11.3 Å². The summed E-state index contributed by atoms with van der Waals surface area (Å²) in [5.41, 5.74) is 1.65. The molecule has 0 aliphatic heterocycles. The molecule has 0 aromatic carbocycles. The van der Waals surface area contributed by atoms with Gasteiger partial charge in [0.15, 0.2) is 0 Å². The third kappa shape index (κ3) is 3.78. The van der Waals surface area contributed by atoms with Gasteiger partial charge in [-0.15, -0.1) is 11.3 Å². The lowest BCUT2D eigenvalue weighted by Gasteiger charge is -2.00. The number of hydrogen-bond donors (Lipinski definition) is 1. The van der Waals surface area contributed by atoms with E-state index >= 15 is 0 Å². The van der Waals surface area contributed by atoms with Crippen LogP contribution in [0.3, 0.4) is 0 Å². The molecule has 0 aliphatic carbocycles. The van der Waals surface area contributed by atoms with E-state index in [4.69, 9.17) is 0 Å². The van der Waals surface area contributed by atoms with E-state index in [-0.39, 0.29) is 5.91 Å². The van der Waals surface area contributed by atoms with Crippen LogP contribution in [0.1, 0.15) is 16.4 Å². The van der Waals surface area contributed by atoms with Crippen LogP contribution in [0, 0.1) is 6.92 Å². The molecule has 2 rings (SSSR count). The fourth-order valence-electron chi connectivity index (χ4n) is 1.36. The molecule has 1 N–H and O–H groups in total. The predicted molar refractivity (Wildman–Crippen MR) is 72.0 cm³/mol. The molecule has 0 radical (unpaired) electrons. The molecule has 0 aliphatic rings. The van der Waals surface area contributed by atoms with Gasteiger partial charge in [-0.25, -0.2) is 4.98 Å². The van der Waals surface area contributed by atoms with E-state index in [1.165, 1.54) is 6.08 Å². The molecule has 2 aromatic rings. The molecular weight excluding hydrogens is 246 g/mol. The summed E-state index contributed by atoms with van der Waals surface area (Å²) in [6.45, 7) is 2.36. The minimum atomic E-state index is -0.147. The molecule has 92 valence electrons. The van der Waals surface area contributed by atoms with Crippen LogP contribution in [0.25, 0.3) is 6.08 Å². The SMILES string of the molecule is Cc1nc(/C=C/C(=O)NCc2ccccn2)cs1. The van der Waals surface area contributed by atoms with Crippen LogP contribution in [-0.2, 0) is 11.3 Å². The average Bonchev–Trinajstić information content (AvgIpc) is 2.81. The van der Waals surface area contributed by atoms with Crippen molar-refractivity contribution >= 4 is 23.3 Å². The quantitative estimate of drug-likeness (QED) is 0.856. The number of hydrogen-bond acceptors (Lipinski definition) is 4. The number of rotatable bonds is 4. The Morgan fingerprint density at radius 1 is 1.50 bits per heavy atom. The Morgan fingerprint density at radius 2 is 2.39 bits per heavy atom. The molecule has 4 nitrogen and oxygen atoms in total. The molecule has 0 saturated heterocycles. The van der Waals surface area contributed by atoms with Gasteiger partial charge in [0.25, 0.3) is 0 Å². The van der Waals surface area contributed by atoms with E-state index in [0.717, 1.165) is 16.4 Å². The first-order chi connectivity index (χ1) is 8.74. The Hall–Kier alpha value is -2.01. The standard InChI is InChI=1S/C13H13N3OS/c1-10-16-12(9-18-10)5-6-13(17)15-8-11-4-2-3-7-14-11/h2-7,9H,8H2,1H3,(H,15,17)/b6-5+. The average molecular weight is 259 g/mol. The van der Waals surface area contributed by atoms with Crippen molar-refractivity contribution < 1.29 is 4.79 Å². The number of carbonyl (C=O) groups is 1. The Balaban J connectivity index is 1.84. The molecule has 2 aromatic heterocycles. The lowest BCUT2D eigenvalue weighted by Crippen LogP contribution is -2.20. The van der Waals surface area contributed by atoms with E-state index < -0.39 is 0 Å².